The maximum Gasteiger partial charge on any atom is 0.586 e. The van der Waals surface area contributed by atoms with Crippen molar-refractivity contribution in [2.75, 3.05) is 19.6 Å². The standard InChI is InChI=1S/C23H35F2NO2/c1-2-3-4-5-6-7-8-9-15-26(18-20-10-11-20)16-14-19-12-13-21-22(17-19)28-23(24,25)27-21/h12-13,17,20H,2-11,14-16,18H2,1H3. The molecule has 1 heterocycles. The average Bonchev–Trinajstić information content (AvgIpc) is 3.41. The van der Waals surface area contributed by atoms with Crippen LogP contribution in [-0.2, 0) is 6.42 Å². The van der Waals surface area contributed by atoms with Crippen molar-refractivity contribution < 1.29 is 18.3 Å². The van der Waals surface area contributed by atoms with Gasteiger partial charge < -0.3 is 14.4 Å². The zero-order valence-corrected chi connectivity index (χ0v) is 17.2. The van der Waals surface area contributed by atoms with Gasteiger partial charge in [0.2, 0.25) is 0 Å². The highest BCUT2D eigenvalue weighted by Crippen LogP contribution is 2.41. The molecule has 0 amide bonds. The lowest BCUT2D eigenvalue weighted by Crippen LogP contribution is -2.29. The molecule has 1 fully saturated rings. The Morgan fingerprint density at radius 3 is 2.32 bits per heavy atom. The Balaban J connectivity index is 1.37. The van der Waals surface area contributed by atoms with Gasteiger partial charge in [0.05, 0.1) is 0 Å². The predicted octanol–water partition coefficient (Wildman–Crippen LogP) is 6.40. The highest BCUT2D eigenvalue weighted by molar-refractivity contribution is 5.45. The van der Waals surface area contributed by atoms with Crippen LogP contribution in [-0.4, -0.2) is 30.8 Å². The van der Waals surface area contributed by atoms with E-state index in [-0.39, 0.29) is 11.5 Å². The summed E-state index contributed by atoms with van der Waals surface area (Å²) in [4.78, 5) is 2.56. The monoisotopic (exact) mass is 395 g/mol. The van der Waals surface area contributed by atoms with E-state index in [9.17, 15) is 8.78 Å². The van der Waals surface area contributed by atoms with Gasteiger partial charge in [0.25, 0.3) is 0 Å². The van der Waals surface area contributed by atoms with Crippen LogP contribution in [0.15, 0.2) is 18.2 Å². The van der Waals surface area contributed by atoms with Crippen LogP contribution in [0.2, 0.25) is 0 Å². The van der Waals surface area contributed by atoms with Gasteiger partial charge in [-0.05, 0) is 55.8 Å². The summed E-state index contributed by atoms with van der Waals surface area (Å²) in [5, 5.41) is 0. The molecule has 0 spiro atoms. The second kappa shape index (κ2) is 10.4. The normalized spacial score (nSPS) is 17.4. The summed E-state index contributed by atoms with van der Waals surface area (Å²) in [5.74, 6) is 1.14. The van der Waals surface area contributed by atoms with E-state index in [1.165, 1.54) is 70.8 Å². The number of fused-ring (bicyclic) bond motifs is 1. The first-order valence-electron chi connectivity index (χ1n) is 11.2. The molecular formula is C23H35F2NO2. The number of benzene rings is 1. The van der Waals surface area contributed by atoms with Crippen LogP contribution >= 0.6 is 0 Å². The van der Waals surface area contributed by atoms with Gasteiger partial charge in [0.1, 0.15) is 0 Å². The molecule has 0 aromatic heterocycles. The van der Waals surface area contributed by atoms with Crippen LogP contribution in [0.3, 0.4) is 0 Å². The summed E-state index contributed by atoms with van der Waals surface area (Å²) in [7, 11) is 0. The number of rotatable bonds is 14. The maximum absolute atomic E-state index is 13.2. The third kappa shape index (κ3) is 7.23. The number of nitrogens with zero attached hydrogens (tertiary/aromatic N) is 1. The first-order valence-corrected chi connectivity index (χ1v) is 11.2. The van der Waals surface area contributed by atoms with Crippen molar-refractivity contribution in [1.29, 1.82) is 0 Å². The van der Waals surface area contributed by atoms with Gasteiger partial charge in [0, 0.05) is 13.1 Å². The van der Waals surface area contributed by atoms with Gasteiger partial charge >= 0.3 is 6.29 Å². The van der Waals surface area contributed by atoms with Crippen molar-refractivity contribution in [3.63, 3.8) is 0 Å². The zero-order valence-electron chi connectivity index (χ0n) is 17.2. The second-order valence-electron chi connectivity index (χ2n) is 8.42. The van der Waals surface area contributed by atoms with E-state index in [0.29, 0.717) is 0 Å². The molecule has 5 heteroatoms. The van der Waals surface area contributed by atoms with Crippen molar-refractivity contribution in [2.45, 2.75) is 83.8 Å². The van der Waals surface area contributed by atoms with Gasteiger partial charge in [-0.1, -0.05) is 57.9 Å². The van der Waals surface area contributed by atoms with Crippen molar-refractivity contribution in [3.8, 4) is 11.5 Å². The molecule has 1 aliphatic heterocycles. The fraction of sp³-hybridized carbons (Fsp3) is 0.739. The van der Waals surface area contributed by atoms with Gasteiger partial charge in [-0.3, -0.25) is 0 Å². The number of hydrogen-bond acceptors (Lipinski definition) is 3. The molecule has 1 aromatic rings. The summed E-state index contributed by atoms with van der Waals surface area (Å²) in [5.41, 5.74) is 1.02. The molecule has 0 bridgehead atoms. The summed E-state index contributed by atoms with van der Waals surface area (Å²) in [6.45, 7) is 5.56. The van der Waals surface area contributed by atoms with Gasteiger partial charge in [-0.15, -0.1) is 8.78 Å². The molecule has 0 atom stereocenters. The second-order valence-corrected chi connectivity index (χ2v) is 8.42. The molecule has 1 aliphatic carbocycles. The quantitative estimate of drug-likeness (QED) is 0.340. The maximum atomic E-state index is 13.2. The Hall–Kier alpha value is -1.36. The molecule has 28 heavy (non-hydrogen) atoms. The number of hydrogen-bond donors (Lipinski definition) is 0. The molecule has 0 N–H and O–H groups in total. The topological polar surface area (TPSA) is 21.7 Å². The van der Waals surface area contributed by atoms with Gasteiger partial charge in [-0.2, -0.15) is 0 Å². The molecule has 2 aliphatic rings. The van der Waals surface area contributed by atoms with Crippen molar-refractivity contribution >= 4 is 0 Å². The fourth-order valence-corrected chi connectivity index (χ4v) is 3.87. The first kappa shape index (κ1) is 21.4. The molecule has 0 radical (unpaired) electrons. The van der Waals surface area contributed by atoms with Crippen molar-refractivity contribution in [3.05, 3.63) is 23.8 Å². The number of halogens is 2. The van der Waals surface area contributed by atoms with Crippen molar-refractivity contribution in [1.82, 2.24) is 4.90 Å². The molecule has 0 unspecified atom stereocenters. The van der Waals surface area contributed by atoms with Crippen molar-refractivity contribution in [2.24, 2.45) is 5.92 Å². The van der Waals surface area contributed by atoms with Crippen LogP contribution in [0, 0.1) is 5.92 Å². The molecular weight excluding hydrogens is 360 g/mol. The van der Waals surface area contributed by atoms with Crippen LogP contribution in [0.5, 0.6) is 11.5 Å². The van der Waals surface area contributed by atoms with E-state index in [1.54, 1.807) is 12.1 Å². The fourth-order valence-electron chi connectivity index (χ4n) is 3.87. The van der Waals surface area contributed by atoms with Gasteiger partial charge in [-0.25, -0.2) is 0 Å². The molecule has 3 rings (SSSR count). The SMILES string of the molecule is CCCCCCCCCCN(CCc1ccc2c(c1)OC(F)(F)O2)CC1CC1. The minimum absolute atomic E-state index is 0.127. The Bertz CT molecular complexity index is 604. The summed E-state index contributed by atoms with van der Waals surface area (Å²) in [6, 6.07) is 5.16. The molecule has 3 nitrogen and oxygen atoms in total. The molecule has 1 aromatic carbocycles. The summed E-state index contributed by atoms with van der Waals surface area (Å²) in [6.07, 6.45) is 10.7. The Morgan fingerprint density at radius 2 is 1.61 bits per heavy atom. The lowest BCUT2D eigenvalue weighted by atomic mass is 10.1. The lowest BCUT2D eigenvalue weighted by molar-refractivity contribution is -0.286. The first-order chi connectivity index (χ1) is 13.6. The largest absolute Gasteiger partial charge is 0.586 e. The zero-order chi connectivity index (χ0) is 19.8. The third-order valence-corrected chi connectivity index (χ3v) is 5.72. The van der Waals surface area contributed by atoms with E-state index in [1.807, 2.05) is 6.07 Å². The highest BCUT2D eigenvalue weighted by atomic mass is 19.3. The van der Waals surface area contributed by atoms with E-state index in [0.717, 1.165) is 31.0 Å². The smallest absolute Gasteiger partial charge is 0.395 e. The number of unbranched alkanes of at least 4 members (excludes halogenated alkanes) is 7. The van der Waals surface area contributed by atoms with Crippen LogP contribution < -0.4 is 9.47 Å². The van der Waals surface area contributed by atoms with Crippen LogP contribution in [0.25, 0.3) is 0 Å². The number of alkyl halides is 2. The number of ether oxygens (including phenoxy) is 2. The Morgan fingerprint density at radius 1 is 0.929 bits per heavy atom. The van der Waals surface area contributed by atoms with Gasteiger partial charge in [0.15, 0.2) is 11.5 Å². The van der Waals surface area contributed by atoms with Crippen LogP contribution in [0.4, 0.5) is 8.78 Å². The van der Waals surface area contributed by atoms with E-state index in [2.05, 4.69) is 21.3 Å². The minimum Gasteiger partial charge on any atom is -0.395 e. The predicted molar refractivity (Wildman–Crippen MR) is 108 cm³/mol. The Labute approximate surface area is 168 Å². The molecule has 0 saturated heterocycles. The van der Waals surface area contributed by atoms with E-state index < -0.39 is 6.29 Å². The third-order valence-electron chi connectivity index (χ3n) is 5.72. The van der Waals surface area contributed by atoms with E-state index >= 15 is 0 Å². The molecule has 1 saturated carbocycles. The lowest BCUT2D eigenvalue weighted by Gasteiger charge is -2.22. The highest BCUT2D eigenvalue weighted by Gasteiger charge is 2.43. The Kier molecular flexibility index (Phi) is 7.95. The average molecular weight is 396 g/mol. The van der Waals surface area contributed by atoms with Crippen LogP contribution in [0.1, 0.15) is 76.7 Å². The van der Waals surface area contributed by atoms with E-state index in [4.69, 9.17) is 0 Å². The summed E-state index contributed by atoms with van der Waals surface area (Å²) < 4.78 is 35.4. The molecule has 158 valence electrons. The summed E-state index contributed by atoms with van der Waals surface area (Å²) >= 11 is 0. The minimum atomic E-state index is -3.53.